The van der Waals surface area contributed by atoms with E-state index in [9.17, 15) is 13.6 Å². The van der Waals surface area contributed by atoms with Gasteiger partial charge in [0.25, 0.3) is 5.91 Å². The maximum absolute atomic E-state index is 13.4. The Kier molecular flexibility index (Phi) is 3.66. The number of nitrogens with one attached hydrogen (secondary N) is 1. The minimum Gasteiger partial charge on any atom is -0.456 e. The zero-order valence-corrected chi connectivity index (χ0v) is 13.4. The number of para-hydroxylation sites is 1. The van der Waals surface area contributed by atoms with Crippen molar-refractivity contribution in [3.05, 3.63) is 76.8 Å². The van der Waals surface area contributed by atoms with Gasteiger partial charge in [-0.15, -0.1) is 0 Å². The molecule has 3 nitrogen and oxygen atoms in total. The molecule has 124 valence electrons. The minimum absolute atomic E-state index is 0.148. The summed E-state index contributed by atoms with van der Waals surface area (Å²) in [6, 6.07) is 14.3. The second kappa shape index (κ2) is 5.86. The van der Waals surface area contributed by atoms with E-state index in [2.05, 4.69) is 5.32 Å². The van der Waals surface area contributed by atoms with Crippen LogP contribution >= 0.6 is 11.6 Å². The average Bonchev–Trinajstić information content (AvgIpc) is 2.95. The van der Waals surface area contributed by atoms with Gasteiger partial charge in [0.05, 0.1) is 10.6 Å². The lowest BCUT2D eigenvalue weighted by Crippen LogP contribution is -2.13. The highest BCUT2D eigenvalue weighted by Crippen LogP contribution is 2.30. The molecule has 3 aromatic carbocycles. The molecule has 0 saturated carbocycles. The van der Waals surface area contributed by atoms with Crippen molar-refractivity contribution in [2.45, 2.75) is 0 Å². The number of hydrogen-bond donors (Lipinski definition) is 1. The smallest absolute Gasteiger partial charge is 0.257 e. The Labute approximate surface area is 145 Å². The molecule has 0 aliphatic carbocycles. The molecule has 1 heterocycles. The standard InChI is InChI=1S/C19H10ClF2NO2/c20-14-9-16(22)15(21)8-13(14)19(24)23-10-5-6-12-11-3-1-2-4-17(11)25-18(12)7-10/h1-9H,(H,23,24). The van der Waals surface area contributed by atoms with Crippen LogP contribution in [0.15, 0.2) is 59.0 Å². The summed E-state index contributed by atoms with van der Waals surface area (Å²) in [7, 11) is 0. The molecule has 4 aromatic rings. The number of fused-ring (bicyclic) bond motifs is 3. The van der Waals surface area contributed by atoms with Crippen molar-refractivity contribution in [2.75, 3.05) is 5.32 Å². The molecule has 0 saturated heterocycles. The maximum Gasteiger partial charge on any atom is 0.257 e. The minimum atomic E-state index is -1.14. The number of amides is 1. The average molecular weight is 358 g/mol. The van der Waals surface area contributed by atoms with Crippen LogP contribution < -0.4 is 5.32 Å². The molecular formula is C19H10ClF2NO2. The molecule has 1 amide bonds. The molecule has 0 fully saturated rings. The highest BCUT2D eigenvalue weighted by molar-refractivity contribution is 6.34. The maximum atomic E-state index is 13.4. The van der Waals surface area contributed by atoms with E-state index >= 15 is 0 Å². The van der Waals surface area contributed by atoms with Gasteiger partial charge in [0, 0.05) is 22.5 Å². The van der Waals surface area contributed by atoms with Crippen LogP contribution in [0.5, 0.6) is 0 Å². The molecule has 0 aliphatic rings. The van der Waals surface area contributed by atoms with Crippen LogP contribution in [0.25, 0.3) is 21.9 Å². The number of anilines is 1. The number of rotatable bonds is 2. The van der Waals surface area contributed by atoms with Gasteiger partial charge in [0.1, 0.15) is 11.2 Å². The lowest BCUT2D eigenvalue weighted by Gasteiger charge is -2.07. The van der Waals surface area contributed by atoms with Gasteiger partial charge in [-0.25, -0.2) is 8.78 Å². The molecule has 0 unspecified atom stereocenters. The largest absolute Gasteiger partial charge is 0.456 e. The predicted molar refractivity (Wildman–Crippen MR) is 93.0 cm³/mol. The Bertz CT molecular complexity index is 1140. The van der Waals surface area contributed by atoms with Crippen LogP contribution in [-0.2, 0) is 0 Å². The quantitative estimate of drug-likeness (QED) is 0.463. The van der Waals surface area contributed by atoms with Crippen LogP contribution in [0, 0.1) is 11.6 Å². The van der Waals surface area contributed by atoms with E-state index in [4.69, 9.17) is 16.0 Å². The molecular weight excluding hydrogens is 348 g/mol. The highest BCUT2D eigenvalue weighted by Gasteiger charge is 2.16. The third kappa shape index (κ3) is 2.72. The molecule has 0 aliphatic heterocycles. The summed E-state index contributed by atoms with van der Waals surface area (Å²) in [5.41, 5.74) is 1.66. The first-order valence-corrected chi connectivity index (χ1v) is 7.78. The zero-order valence-electron chi connectivity index (χ0n) is 12.6. The summed E-state index contributed by atoms with van der Waals surface area (Å²) in [6.07, 6.45) is 0. The summed E-state index contributed by atoms with van der Waals surface area (Å²) >= 11 is 5.83. The monoisotopic (exact) mass is 357 g/mol. The van der Waals surface area contributed by atoms with Crippen LogP contribution in [0.4, 0.5) is 14.5 Å². The third-order valence-corrected chi connectivity index (χ3v) is 4.20. The fourth-order valence-electron chi connectivity index (χ4n) is 2.70. The van der Waals surface area contributed by atoms with Crippen LogP contribution in [0.1, 0.15) is 10.4 Å². The van der Waals surface area contributed by atoms with Crippen molar-refractivity contribution >= 4 is 45.1 Å². The van der Waals surface area contributed by atoms with Gasteiger partial charge in [-0.1, -0.05) is 29.8 Å². The second-order valence-electron chi connectivity index (χ2n) is 5.51. The van der Waals surface area contributed by atoms with E-state index in [0.717, 1.165) is 28.5 Å². The summed E-state index contributed by atoms with van der Waals surface area (Å²) in [5, 5.41) is 4.33. The number of furan rings is 1. The topological polar surface area (TPSA) is 42.2 Å². The molecule has 1 N–H and O–H groups in total. The van der Waals surface area contributed by atoms with E-state index in [1.165, 1.54) is 0 Å². The Balaban J connectivity index is 1.69. The molecule has 25 heavy (non-hydrogen) atoms. The summed E-state index contributed by atoms with van der Waals surface area (Å²) < 4.78 is 32.2. The summed E-state index contributed by atoms with van der Waals surface area (Å²) in [5.74, 6) is -2.88. The number of hydrogen-bond acceptors (Lipinski definition) is 2. The first kappa shape index (κ1) is 15.6. The summed E-state index contributed by atoms with van der Waals surface area (Å²) in [4.78, 5) is 12.3. The molecule has 0 spiro atoms. The van der Waals surface area contributed by atoms with Crippen molar-refractivity contribution < 1.29 is 18.0 Å². The molecule has 0 radical (unpaired) electrons. The highest BCUT2D eigenvalue weighted by atomic mass is 35.5. The van der Waals surface area contributed by atoms with Gasteiger partial charge in [0.15, 0.2) is 11.6 Å². The van der Waals surface area contributed by atoms with Gasteiger partial charge >= 0.3 is 0 Å². The number of carbonyl (C=O) groups excluding carboxylic acids is 1. The third-order valence-electron chi connectivity index (χ3n) is 3.89. The van der Waals surface area contributed by atoms with E-state index < -0.39 is 17.5 Å². The lowest BCUT2D eigenvalue weighted by atomic mass is 10.1. The molecule has 1 aromatic heterocycles. The van der Waals surface area contributed by atoms with E-state index in [1.54, 1.807) is 12.1 Å². The van der Waals surface area contributed by atoms with Gasteiger partial charge in [-0.2, -0.15) is 0 Å². The Hall–Kier alpha value is -2.92. The van der Waals surface area contributed by atoms with E-state index in [0.29, 0.717) is 11.3 Å². The fourth-order valence-corrected chi connectivity index (χ4v) is 2.93. The Morgan fingerprint density at radius 3 is 2.48 bits per heavy atom. The van der Waals surface area contributed by atoms with Crippen molar-refractivity contribution in [1.82, 2.24) is 0 Å². The van der Waals surface area contributed by atoms with E-state index in [1.807, 2.05) is 30.3 Å². The molecule has 0 atom stereocenters. The van der Waals surface area contributed by atoms with Gasteiger partial charge < -0.3 is 9.73 Å². The van der Waals surface area contributed by atoms with Gasteiger partial charge in [-0.05, 0) is 30.3 Å². The van der Waals surface area contributed by atoms with Gasteiger partial charge in [0.2, 0.25) is 0 Å². The SMILES string of the molecule is O=C(Nc1ccc2c(c1)oc1ccccc12)c1cc(F)c(F)cc1Cl. The van der Waals surface area contributed by atoms with Crippen molar-refractivity contribution in [3.8, 4) is 0 Å². The van der Waals surface area contributed by atoms with Crippen LogP contribution in [0.3, 0.4) is 0 Å². The zero-order chi connectivity index (χ0) is 17.6. The van der Waals surface area contributed by atoms with Crippen LogP contribution in [-0.4, -0.2) is 5.91 Å². The number of benzene rings is 3. The first-order chi connectivity index (χ1) is 12.0. The Morgan fingerprint density at radius 2 is 1.64 bits per heavy atom. The Morgan fingerprint density at radius 1 is 0.920 bits per heavy atom. The molecule has 4 rings (SSSR count). The number of halogens is 3. The number of carbonyl (C=O) groups is 1. The van der Waals surface area contributed by atoms with Crippen LogP contribution in [0.2, 0.25) is 5.02 Å². The normalized spacial score (nSPS) is 11.2. The first-order valence-electron chi connectivity index (χ1n) is 7.40. The van der Waals surface area contributed by atoms with Crippen molar-refractivity contribution in [3.63, 3.8) is 0 Å². The second-order valence-corrected chi connectivity index (χ2v) is 5.92. The van der Waals surface area contributed by atoms with E-state index in [-0.39, 0.29) is 10.6 Å². The van der Waals surface area contributed by atoms with Gasteiger partial charge in [-0.3, -0.25) is 4.79 Å². The predicted octanol–water partition coefficient (Wildman–Crippen LogP) is 5.77. The lowest BCUT2D eigenvalue weighted by molar-refractivity contribution is 0.102. The molecule has 6 heteroatoms. The molecule has 0 bridgehead atoms. The van der Waals surface area contributed by atoms with Crippen molar-refractivity contribution in [1.29, 1.82) is 0 Å². The summed E-state index contributed by atoms with van der Waals surface area (Å²) in [6.45, 7) is 0. The fraction of sp³-hybridized carbons (Fsp3) is 0. The van der Waals surface area contributed by atoms with Crippen molar-refractivity contribution in [2.24, 2.45) is 0 Å².